The second-order valence-electron chi connectivity index (χ2n) is 6.75. The van der Waals surface area contributed by atoms with Crippen molar-refractivity contribution in [2.75, 3.05) is 12.1 Å². The summed E-state index contributed by atoms with van der Waals surface area (Å²) in [6.07, 6.45) is -1.02. The van der Waals surface area contributed by atoms with Crippen LogP contribution in [0.2, 0.25) is 0 Å². The zero-order valence-corrected chi connectivity index (χ0v) is 17.7. The van der Waals surface area contributed by atoms with Crippen molar-refractivity contribution in [3.63, 3.8) is 0 Å². The molecule has 160 valence electrons. The number of anilines is 1. The van der Waals surface area contributed by atoms with E-state index in [1.54, 1.807) is 42.5 Å². The van der Waals surface area contributed by atoms with Gasteiger partial charge in [0, 0.05) is 17.1 Å². The van der Waals surface area contributed by atoms with E-state index >= 15 is 0 Å². The smallest absolute Gasteiger partial charge is 0.342 e. The van der Waals surface area contributed by atoms with Crippen molar-refractivity contribution in [2.24, 2.45) is 0 Å². The van der Waals surface area contributed by atoms with E-state index in [2.05, 4.69) is 10.3 Å². The minimum Gasteiger partial charge on any atom is -0.486 e. The van der Waals surface area contributed by atoms with Crippen molar-refractivity contribution in [1.29, 1.82) is 0 Å². The number of aryl methyl sites for hydroxylation is 1. The number of benzene rings is 2. The number of hydrogen-bond donors (Lipinski definition) is 1. The summed E-state index contributed by atoms with van der Waals surface area (Å²) in [5, 5.41) is 5.54. The van der Waals surface area contributed by atoms with Crippen LogP contribution in [0.15, 0.2) is 47.8 Å². The molecule has 0 fully saturated rings. The first kappa shape index (κ1) is 20.7. The van der Waals surface area contributed by atoms with E-state index in [0.717, 1.165) is 10.7 Å². The highest BCUT2D eigenvalue weighted by atomic mass is 32.1. The number of esters is 1. The Morgan fingerprint density at radius 3 is 2.81 bits per heavy atom. The van der Waals surface area contributed by atoms with Gasteiger partial charge in [0.25, 0.3) is 5.91 Å². The number of fused-ring (bicyclic) bond motifs is 1. The summed E-state index contributed by atoms with van der Waals surface area (Å²) in [4.78, 5) is 29.5. The largest absolute Gasteiger partial charge is 0.486 e. The molecule has 2 heterocycles. The molecule has 0 unspecified atom stereocenters. The number of para-hydroxylation sites is 1. The molecular formula is C22H20N2O6S. The molecule has 8 nitrogen and oxygen atoms in total. The Labute approximate surface area is 182 Å². The van der Waals surface area contributed by atoms with Gasteiger partial charge in [-0.1, -0.05) is 12.1 Å². The molecule has 0 aliphatic carbocycles. The molecule has 1 aromatic heterocycles. The van der Waals surface area contributed by atoms with Crippen LogP contribution in [0.25, 0.3) is 0 Å². The normalized spacial score (nSPS) is 12.8. The SMILES string of the molecule is Cc1nc(COc2ccccc2C(=O)O[C@H](C)C(=O)Nc2ccc3c(c2)OCO3)cs1. The summed E-state index contributed by atoms with van der Waals surface area (Å²) in [7, 11) is 0. The number of hydrogen-bond acceptors (Lipinski definition) is 8. The minimum absolute atomic E-state index is 0.143. The third kappa shape index (κ3) is 4.95. The Hall–Kier alpha value is -3.59. The van der Waals surface area contributed by atoms with Crippen molar-refractivity contribution >= 4 is 28.9 Å². The lowest BCUT2D eigenvalue weighted by atomic mass is 10.2. The fourth-order valence-corrected chi connectivity index (χ4v) is 3.48. The van der Waals surface area contributed by atoms with Crippen LogP contribution in [0, 0.1) is 6.92 Å². The van der Waals surface area contributed by atoms with Gasteiger partial charge in [-0.05, 0) is 38.1 Å². The van der Waals surface area contributed by atoms with E-state index in [-0.39, 0.29) is 19.0 Å². The summed E-state index contributed by atoms with van der Waals surface area (Å²) < 4.78 is 21.7. The maximum Gasteiger partial charge on any atom is 0.342 e. The summed E-state index contributed by atoms with van der Waals surface area (Å²) in [6.45, 7) is 3.79. The zero-order valence-electron chi connectivity index (χ0n) is 16.9. The highest BCUT2D eigenvalue weighted by Gasteiger charge is 2.22. The number of thiazole rings is 1. The molecule has 9 heteroatoms. The monoisotopic (exact) mass is 440 g/mol. The molecule has 1 aliphatic rings. The van der Waals surface area contributed by atoms with Gasteiger partial charge in [-0.15, -0.1) is 11.3 Å². The van der Waals surface area contributed by atoms with Crippen LogP contribution in [-0.2, 0) is 16.1 Å². The maximum absolute atomic E-state index is 12.7. The van der Waals surface area contributed by atoms with Crippen molar-refractivity contribution in [3.05, 3.63) is 64.1 Å². The number of carbonyl (C=O) groups excluding carboxylic acids is 2. The van der Waals surface area contributed by atoms with Gasteiger partial charge in [0.2, 0.25) is 6.79 Å². The topological polar surface area (TPSA) is 96.0 Å². The van der Waals surface area contributed by atoms with Gasteiger partial charge in [-0.25, -0.2) is 9.78 Å². The van der Waals surface area contributed by atoms with E-state index in [9.17, 15) is 9.59 Å². The second-order valence-corrected chi connectivity index (χ2v) is 7.81. The first-order valence-electron chi connectivity index (χ1n) is 9.54. The molecular weight excluding hydrogens is 420 g/mol. The van der Waals surface area contributed by atoms with E-state index < -0.39 is 18.0 Å². The number of ether oxygens (including phenoxy) is 4. The minimum atomic E-state index is -1.02. The van der Waals surface area contributed by atoms with Gasteiger partial charge in [0.1, 0.15) is 17.9 Å². The molecule has 0 radical (unpaired) electrons. The predicted molar refractivity (Wildman–Crippen MR) is 114 cm³/mol. The molecule has 1 amide bonds. The molecule has 0 saturated heterocycles. The number of amides is 1. The van der Waals surface area contributed by atoms with Gasteiger partial charge in [0.15, 0.2) is 17.6 Å². The molecule has 31 heavy (non-hydrogen) atoms. The summed E-state index contributed by atoms with van der Waals surface area (Å²) in [5.74, 6) is 0.397. The third-order valence-corrected chi connectivity index (χ3v) is 5.26. The lowest BCUT2D eigenvalue weighted by molar-refractivity contribution is -0.123. The van der Waals surface area contributed by atoms with Crippen molar-refractivity contribution in [3.8, 4) is 17.2 Å². The molecule has 2 aromatic carbocycles. The van der Waals surface area contributed by atoms with Crippen LogP contribution < -0.4 is 19.5 Å². The number of rotatable bonds is 7. The Bertz CT molecular complexity index is 1110. The van der Waals surface area contributed by atoms with Gasteiger partial charge >= 0.3 is 5.97 Å². The molecule has 1 N–H and O–H groups in total. The number of nitrogens with zero attached hydrogens (tertiary/aromatic N) is 1. The van der Waals surface area contributed by atoms with E-state index in [4.69, 9.17) is 18.9 Å². The van der Waals surface area contributed by atoms with Crippen LogP contribution in [0.3, 0.4) is 0 Å². The Morgan fingerprint density at radius 2 is 2.00 bits per heavy atom. The van der Waals surface area contributed by atoms with Gasteiger partial charge in [-0.3, -0.25) is 4.79 Å². The van der Waals surface area contributed by atoms with Gasteiger partial charge < -0.3 is 24.3 Å². The Morgan fingerprint density at radius 1 is 1.19 bits per heavy atom. The molecule has 0 saturated carbocycles. The highest BCUT2D eigenvalue weighted by Crippen LogP contribution is 2.34. The maximum atomic E-state index is 12.7. The number of aromatic nitrogens is 1. The summed E-state index contributed by atoms with van der Waals surface area (Å²) in [6, 6.07) is 11.8. The van der Waals surface area contributed by atoms with Crippen molar-refractivity contribution in [1.82, 2.24) is 4.98 Å². The van der Waals surface area contributed by atoms with Gasteiger partial charge in [0.05, 0.1) is 10.7 Å². The van der Waals surface area contributed by atoms with Crippen LogP contribution >= 0.6 is 11.3 Å². The Kier molecular flexibility index (Phi) is 6.03. The zero-order chi connectivity index (χ0) is 21.8. The molecule has 4 rings (SSSR count). The van der Waals surface area contributed by atoms with E-state index in [0.29, 0.717) is 22.9 Å². The first-order chi connectivity index (χ1) is 15.0. The van der Waals surface area contributed by atoms with Gasteiger partial charge in [-0.2, -0.15) is 0 Å². The fraction of sp³-hybridized carbons (Fsp3) is 0.227. The average molecular weight is 440 g/mol. The summed E-state index contributed by atoms with van der Waals surface area (Å²) >= 11 is 1.53. The van der Waals surface area contributed by atoms with Crippen LogP contribution in [0.4, 0.5) is 5.69 Å². The summed E-state index contributed by atoms with van der Waals surface area (Å²) in [5.41, 5.74) is 1.53. The van der Waals surface area contributed by atoms with E-state index in [1.807, 2.05) is 12.3 Å². The fourth-order valence-electron chi connectivity index (χ4n) is 2.88. The Balaban J connectivity index is 1.37. The molecule has 0 spiro atoms. The number of nitrogens with one attached hydrogen (secondary N) is 1. The van der Waals surface area contributed by atoms with E-state index in [1.165, 1.54) is 18.3 Å². The quantitative estimate of drug-likeness (QED) is 0.556. The number of carbonyl (C=O) groups is 2. The van der Waals surface area contributed by atoms with Crippen LogP contribution in [0.1, 0.15) is 28.0 Å². The molecule has 0 bridgehead atoms. The van der Waals surface area contributed by atoms with Crippen molar-refractivity contribution in [2.45, 2.75) is 26.6 Å². The standard InChI is InChI=1S/C22H20N2O6S/c1-13(21(25)24-15-7-8-19-20(9-15)29-12-28-19)30-22(26)17-5-3-4-6-18(17)27-10-16-11-31-14(2)23-16/h3-9,11,13H,10,12H2,1-2H3,(H,24,25)/t13-/m1/s1. The predicted octanol–water partition coefficient (Wildman–Crippen LogP) is 3.94. The van der Waals surface area contributed by atoms with Crippen LogP contribution in [0.5, 0.6) is 17.2 Å². The molecule has 1 aliphatic heterocycles. The highest BCUT2D eigenvalue weighted by molar-refractivity contribution is 7.09. The second kappa shape index (κ2) is 9.05. The lowest BCUT2D eigenvalue weighted by Gasteiger charge is -2.15. The van der Waals surface area contributed by atoms with Crippen LogP contribution in [-0.4, -0.2) is 29.8 Å². The average Bonchev–Trinajstić information content (AvgIpc) is 3.40. The molecule has 1 atom stereocenters. The lowest BCUT2D eigenvalue weighted by Crippen LogP contribution is -2.30. The third-order valence-electron chi connectivity index (χ3n) is 4.44. The molecule has 3 aromatic rings. The van der Waals surface area contributed by atoms with Crippen molar-refractivity contribution < 1.29 is 28.5 Å². The first-order valence-corrected chi connectivity index (χ1v) is 10.4.